The van der Waals surface area contributed by atoms with Gasteiger partial charge in [-0.3, -0.25) is 0 Å². The molecule has 4 heteroatoms. The first kappa shape index (κ1) is 17.9. The van der Waals surface area contributed by atoms with Gasteiger partial charge in [0, 0.05) is 12.6 Å². The van der Waals surface area contributed by atoms with Crippen LogP contribution in [0.4, 0.5) is 4.79 Å². The Hall–Kier alpha value is -2.49. The van der Waals surface area contributed by atoms with Crippen LogP contribution in [0.1, 0.15) is 26.3 Å². The summed E-state index contributed by atoms with van der Waals surface area (Å²) in [4.78, 5) is 11.5. The molecule has 0 aliphatic rings. The highest BCUT2D eigenvalue weighted by atomic mass is 16.5. The van der Waals surface area contributed by atoms with Gasteiger partial charge in [0.25, 0.3) is 0 Å². The summed E-state index contributed by atoms with van der Waals surface area (Å²) >= 11 is 0. The van der Waals surface area contributed by atoms with Crippen LogP contribution >= 0.6 is 0 Å². The summed E-state index contributed by atoms with van der Waals surface area (Å²) in [5.74, 6) is 0.892. The second-order valence-corrected chi connectivity index (χ2v) is 5.76. The summed E-state index contributed by atoms with van der Waals surface area (Å²) in [6.07, 6.45) is 0.806. The van der Waals surface area contributed by atoms with Crippen molar-refractivity contribution in [3.63, 3.8) is 0 Å². The van der Waals surface area contributed by atoms with E-state index in [1.165, 1.54) is 16.7 Å². The van der Waals surface area contributed by atoms with E-state index in [-0.39, 0.29) is 12.1 Å². The van der Waals surface area contributed by atoms with E-state index >= 15 is 0 Å². The zero-order valence-electron chi connectivity index (χ0n) is 14.6. The van der Waals surface area contributed by atoms with Crippen molar-refractivity contribution in [2.45, 2.75) is 33.2 Å². The van der Waals surface area contributed by atoms with Gasteiger partial charge in [0.1, 0.15) is 5.75 Å². The van der Waals surface area contributed by atoms with Gasteiger partial charge >= 0.3 is 6.03 Å². The Morgan fingerprint density at radius 1 is 1.00 bits per heavy atom. The fourth-order valence-corrected chi connectivity index (χ4v) is 2.58. The highest BCUT2D eigenvalue weighted by molar-refractivity contribution is 5.74. The molecule has 0 spiro atoms. The van der Waals surface area contributed by atoms with Crippen molar-refractivity contribution in [3.05, 3.63) is 54.1 Å². The van der Waals surface area contributed by atoms with Crippen molar-refractivity contribution in [3.8, 4) is 16.9 Å². The summed E-state index contributed by atoms with van der Waals surface area (Å²) in [6.45, 7) is 7.21. The average molecular weight is 326 g/mol. The van der Waals surface area contributed by atoms with Crippen LogP contribution in [0.25, 0.3) is 11.1 Å². The monoisotopic (exact) mass is 326 g/mol. The molecule has 0 fully saturated rings. The third kappa shape index (κ3) is 5.30. The molecule has 2 aromatic rings. The van der Waals surface area contributed by atoms with E-state index in [1.54, 1.807) is 0 Å². The molecule has 0 radical (unpaired) electrons. The molecule has 0 aromatic heterocycles. The molecule has 0 saturated carbocycles. The smallest absolute Gasteiger partial charge is 0.314 e. The first-order valence-corrected chi connectivity index (χ1v) is 8.49. The lowest BCUT2D eigenvalue weighted by atomic mass is 10.0. The topological polar surface area (TPSA) is 50.4 Å². The first-order valence-electron chi connectivity index (χ1n) is 8.49. The largest absolute Gasteiger partial charge is 0.494 e. The third-order valence-electron chi connectivity index (χ3n) is 3.71. The molecule has 2 N–H and O–H groups in total. The van der Waals surface area contributed by atoms with Gasteiger partial charge in [-0.15, -0.1) is 0 Å². The third-order valence-corrected chi connectivity index (χ3v) is 3.71. The summed E-state index contributed by atoms with van der Waals surface area (Å²) in [5.41, 5.74) is 3.54. The molecule has 1 atom stereocenters. The van der Waals surface area contributed by atoms with Crippen LogP contribution in [0.15, 0.2) is 48.5 Å². The van der Waals surface area contributed by atoms with E-state index in [0.717, 1.165) is 12.2 Å². The van der Waals surface area contributed by atoms with Gasteiger partial charge < -0.3 is 15.4 Å². The number of ether oxygens (including phenoxy) is 1. The highest BCUT2D eigenvalue weighted by Crippen LogP contribution is 2.23. The first-order chi connectivity index (χ1) is 11.6. The maximum Gasteiger partial charge on any atom is 0.314 e. The molecule has 2 amide bonds. The lowest BCUT2D eigenvalue weighted by Gasteiger charge is -2.14. The van der Waals surface area contributed by atoms with Crippen molar-refractivity contribution < 1.29 is 9.53 Å². The number of carbonyl (C=O) groups is 1. The zero-order chi connectivity index (χ0) is 17.4. The van der Waals surface area contributed by atoms with Crippen molar-refractivity contribution in [1.29, 1.82) is 0 Å². The van der Waals surface area contributed by atoms with Crippen molar-refractivity contribution in [2.24, 2.45) is 0 Å². The van der Waals surface area contributed by atoms with Gasteiger partial charge in [-0.1, -0.05) is 36.4 Å². The van der Waals surface area contributed by atoms with Gasteiger partial charge in [0.15, 0.2) is 0 Å². The maximum absolute atomic E-state index is 11.5. The van der Waals surface area contributed by atoms with Crippen molar-refractivity contribution in [1.82, 2.24) is 10.6 Å². The fourth-order valence-electron chi connectivity index (χ4n) is 2.58. The number of hydrogen-bond donors (Lipinski definition) is 2. The van der Waals surface area contributed by atoms with Crippen molar-refractivity contribution >= 4 is 6.03 Å². The minimum atomic E-state index is -0.115. The molecule has 2 rings (SSSR count). The van der Waals surface area contributed by atoms with Crippen LogP contribution in [0.3, 0.4) is 0 Å². The normalized spacial score (nSPS) is 11.6. The quantitative estimate of drug-likeness (QED) is 0.808. The molecule has 0 aliphatic heterocycles. The average Bonchev–Trinajstić information content (AvgIpc) is 2.57. The Labute approximate surface area is 144 Å². The lowest BCUT2D eigenvalue weighted by molar-refractivity contribution is 0.238. The Morgan fingerprint density at radius 2 is 1.58 bits per heavy atom. The van der Waals surface area contributed by atoms with Gasteiger partial charge in [0.2, 0.25) is 0 Å². The minimum Gasteiger partial charge on any atom is -0.494 e. The van der Waals surface area contributed by atoms with E-state index in [1.807, 2.05) is 32.9 Å². The Morgan fingerprint density at radius 3 is 2.12 bits per heavy atom. The molecule has 0 heterocycles. The zero-order valence-corrected chi connectivity index (χ0v) is 14.6. The van der Waals surface area contributed by atoms with E-state index in [0.29, 0.717) is 13.2 Å². The van der Waals surface area contributed by atoms with Crippen LogP contribution < -0.4 is 15.4 Å². The second-order valence-electron chi connectivity index (χ2n) is 5.76. The highest BCUT2D eigenvalue weighted by Gasteiger charge is 2.07. The second kappa shape index (κ2) is 8.96. The minimum absolute atomic E-state index is 0.0906. The molecule has 0 bridgehead atoms. The number of hydrogen-bond acceptors (Lipinski definition) is 2. The summed E-state index contributed by atoms with van der Waals surface area (Å²) < 4.78 is 5.47. The van der Waals surface area contributed by atoms with Gasteiger partial charge in [-0.25, -0.2) is 4.79 Å². The Kier molecular flexibility index (Phi) is 6.67. The van der Waals surface area contributed by atoms with E-state index < -0.39 is 0 Å². The molecule has 24 heavy (non-hydrogen) atoms. The molecule has 1 unspecified atom stereocenters. The van der Waals surface area contributed by atoms with Crippen LogP contribution in [0.5, 0.6) is 5.75 Å². The number of rotatable bonds is 7. The molecule has 4 nitrogen and oxygen atoms in total. The van der Waals surface area contributed by atoms with Gasteiger partial charge in [-0.2, -0.15) is 0 Å². The molecular formula is C20H26N2O2. The summed E-state index contributed by atoms with van der Waals surface area (Å²) in [7, 11) is 0. The van der Waals surface area contributed by atoms with Gasteiger partial charge in [-0.05, 0) is 56.0 Å². The molecule has 0 aliphatic carbocycles. The molecule has 2 aromatic carbocycles. The van der Waals surface area contributed by atoms with Crippen LogP contribution in [-0.2, 0) is 6.42 Å². The predicted molar refractivity (Wildman–Crippen MR) is 98.4 cm³/mol. The molecular weight excluding hydrogens is 300 g/mol. The summed E-state index contributed by atoms with van der Waals surface area (Å²) in [5, 5.41) is 5.68. The number of nitrogens with one attached hydrogen (secondary N) is 2. The standard InChI is InChI=1S/C20H26N2O2/c1-4-21-20(23)22-15(3)14-16-6-8-17(9-7-16)18-10-12-19(13-11-18)24-5-2/h6-13,15H,4-5,14H2,1-3H3,(H2,21,22,23). The number of benzene rings is 2. The number of urea groups is 1. The van der Waals surface area contributed by atoms with Crippen LogP contribution in [0, 0.1) is 0 Å². The van der Waals surface area contributed by atoms with E-state index in [9.17, 15) is 4.79 Å². The fraction of sp³-hybridized carbons (Fsp3) is 0.350. The van der Waals surface area contributed by atoms with E-state index in [4.69, 9.17) is 4.74 Å². The van der Waals surface area contributed by atoms with E-state index in [2.05, 4.69) is 47.0 Å². The van der Waals surface area contributed by atoms with Crippen LogP contribution in [-0.4, -0.2) is 25.2 Å². The molecule has 0 saturated heterocycles. The van der Waals surface area contributed by atoms with Crippen molar-refractivity contribution in [2.75, 3.05) is 13.2 Å². The lowest BCUT2D eigenvalue weighted by Crippen LogP contribution is -2.41. The number of amides is 2. The van der Waals surface area contributed by atoms with Crippen LogP contribution in [0.2, 0.25) is 0 Å². The Balaban J connectivity index is 1.96. The molecule has 128 valence electrons. The summed E-state index contributed by atoms with van der Waals surface area (Å²) in [6, 6.07) is 16.6. The van der Waals surface area contributed by atoms with Gasteiger partial charge in [0.05, 0.1) is 6.61 Å². The number of carbonyl (C=O) groups excluding carboxylic acids is 1. The maximum atomic E-state index is 11.5. The SMILES string of the molecule is CCNC(=O)NC(C)Cc1ccc(-c2ccc(OCC)cc2)cc1. The Bertz CT molecular complexity index is 636. The predicted octanol–water partition coefficient (Wildman–Crippen LogP) is 4.00.